The van der Waals surface area contributed by atoms with Crippen molar-refractivity contribution in [2.45, 2.75) is 6.04 Å². The second kappa shape index (κ2) is 5.59. The summed E-state index contributed by atoms with van der Waals surface area (Å²) >= 11 is 20.3. The number of thiophene rings is 1. The average Bonchev–Trinajstić information content (AvgIpc) is 2.60. The van der Waals surface area contributed by atoms with Crippen molar-refractivity contribution >= 4 is 66.4 Å². The number of halogens is 4. The number of benzene rings is 1. The molecule has 0 aliphatic heterocycles. The van der Waals surface area contributed by atoms with Gasteiger partial charge in [-0.3, -0.25) is 0 Å². The molecule has 1 aromatic carbocycles. The zero-order valence-corrected chi connectivity index (χ0v) is 13.9. The summed E-state index contributed by atoms with van der Waals surface area (Å²) in [5, 5.41) is 0. The standard InChI is InChI=1S/C11H7Br2Cl2NS/c12-5-1-2-8(13)6(3-5)10(16)7-4-9(14)17-11(7)15/h1-4,10H,16H2. The van der Waals surface area contributed by atoms with Gasteiger partial charge in [0.1, 0.15) is 0 Å². The Morgan fingerprint density at radius 3 is 2.41 bits per heavy atom. The molecule has 90 valence electrons. The van der Waals surface area contributed by atoms with E-state index in [1.165, 1.54) is 11.3 Å². The van der Waals surface area contributed by atoms with Crippen LogP contribution in [0.2, 0.25) is 8.67 Å². The smallest absolute Gasteiger partial charge is 0.0995 e. The van der Waals surface area contributed by atoms with Crippen molar-refractivity contribution in [3.63, 3.8) is 0 Å². The zero-order valence-electron chi connectivity index (χ0n) is 8.38. The number of nitrogens with two attached hydrogens (primary N) is 1. The lowest BCUT2D eigenvalue weighted by molar-refractivity contribution is 0.870. The molecule has 0 fully saturated rings. The second-order valence-corrected chi connectivity index (χ2v) is 7.48. The molecular weight excluding hydrogens is 409 g/mol. The molecule has 2 aromatic rings. The van der Waals surface area contributed by atoms with Crippen LogP contribution >= 0.6 is 66.4 Å². The molecular formula is C11H7Br2Cl2NS. The van der Waals surface area contributed by atoms with Gasteiger partial charge < -0.3 is 5.73 Å². The van der Waals surface area contributed by atoms with Crippen LogP contribution in [0, 0.1) is 0 Å². The Kier molecular flexibility index (Phi) is 4.55. The van der Waals surface area contributed by atoms with Gasteiger partial charge in [0.2, 0.25) is 0 Å². The van der Waals surface area contributed by atoms with Crippen molar-refractivity contribution in [1.82, 2.24) is 0 Å². The molecule has 0 amide bonds. The fourth-order valence-corrected chi connectivity index (χ4v) is 3.91. The lowest BCUT2D eigenvalue weighted by Crippen LogP contribution is -2.12. The first-order valence-corrected chi connectivity index (χ1v) is 7.80. The third kappa shape index (κ3) is 3.06. The fourth-order valence-electron chi connectivity index (χ4n) is 1.49. The summed E-state index contributed by atoms with van der Waals surface area (Å²) in [4.78, 5) is 0. The number of hydrogen-bond acceptors (Lipinski definition) is 2. The van der Waals surface area contributed by atoms with Crippen molar-refractivity contribution in [3.05, 3.63) is 53.0 Å². The highest BCUT2D eigenvalue weighted by Crippen LogP contribution is 2.38. The van der Waals surface area contributed by atoms with E-state index >= 15 is 0 Å². The fraction of sp³-hybridized carbons (Fsp3) is 0.0909. The quantitative estimate of drug-likeness (QED) is 0.676. The van der Waals surface area contributed by atoms with Crippen molar-refractivity contribution in [2.24, 2.45) is 5.73 Å². The van der Waals surface area contributed by atoms with Crippen molar-refractivity contribution < 1.29 is 0 Å². The van der Waals surface area contributed by atoms with Crippen LogP contribution in [0.5, 0.6) is 0 Å². The van der Waals surface area contributed by atoms with Crippen molar-refractivity contribution in [2.75, 3.05) is 0 Å². The molecule has 0 saturated heterocycles. The van der Waals surface area contributed by atoms with Crippen molar-refractivity contribution in [1.29, 1.82) is 0 Å². The van der Waals surface area contributed by atoms with Crippen LogP contribution < -0.4 is 5.73 Å². The molecule has 2 rings (SSSR count). The summed E-state index contributed by atoms with van der Waals surface area (Å²) in [6.07, 6.45) is 0. The SMILES string of the molecule is NC(c1cc(Br)ccc1Br)c1cc(Cl)sc1Cl. The van der Waals surface area contributed by atoms with Gasteiger partial charge in [-0.05, 0) is 29.8 Å². The number of hydrogen-bond donors (Lipinski definition) is 1. The summed E-state index contributed by atoms with van der Waals surface area (Å²) in [6.45, 7) is 0. The predicted octanol–water partition coefficient (Wildman–Crippen LogP) is 5.63. The Morgan fingerprint density at radius 2 is 1.82 bits per heavy atom. The van der Waals surface area contributed by atoms with Crippen molar-refractivity contribution in [3.8, 4) is 0 Å². The van der Waals surface area contributed by atoms with Gasteiger partial charge >= 0.3 is 0 Å². The third-order valence-corrected chi connectivity index (χ3v) is 5.04. The van der Waals surface area contributed by atoms with Crippen LogP contribution in [0.3, 0.4) is 0 Å². The van der Waals surface area contributed by atoms with E-state index in [9.17, 15) is 0 Å². The maximum absolute atomic E-state index is 6.21. The Balaban J connectivity index is 2.46. The van der Waals surface area contributed by atoms with Crippen LogP contribution in [0.25, 0.3) is 0 Å². The van der Waals surface area contributed by atoms with Gasteiger partial charge in [-0.15, -0.1) is 11.3 Å². The third-order valence-electron chi connectivity index (χ3n) is 2.31. The highest BCUT2D eigenvalue weighted by atomic mass is 79.9. The van der Waals surface area contributed by atoms with E-state index < -0.39 is 0 Å². The van der Waals surface area contributed by atoms with E-state index in [4.69, 9.17) is 28.9 Å². The highest BCUT2D eigenvalue weighted by molar-refractivity contribution is 9.11. The lowest BCUT2D eigenvalue weighted by Gasteiger charge is -2.13. The monoisotopic (exact) mass is 413 g/mol. The van der Waals surface area contributed by atoms with E-state index in [1.54, 1.807) is 0 Å². The topological polar surface area (TPSA) is 26.0 Å². The molecule has 0 radical (unpaired) electrons. The van der Waals surface area contributed by atoms with Crippen LogP contribution in [0.4, 0.5) is 0 Å². The minimum Gasteiger partial charge on any atom is -0.320 e. The predicted molar refractivity (Wildman–Crippen MR) is 82.2 cm³/mol. The van der Waals surface area contributed by atoms with E-state index in [1.807, 2.05) is 24.3 Å². The molecule has 6 heteroatoms. The largest absolute Gasteiger partial charge is 0.320 e. The average molecular weight is 416 g/mol. The summed E-state index contributed by atoms with van der Waals surface area (Å²) in [5.41, 5.74) is 8.03. The minimum absolute atomic E-state index is 0.293. The summed E-state index contributed by atoms with van der Waals surface area (Å²) in [7, 11) is 0. The second-order valence-electron chi connectivity index (χ2n) is 3.42. The Labute approximate surface area is 130 Å². The van der Waals surface area contributed by atoms with Crippen LogP contribution in [0.15, 0.2) is 33.2 Å². The van der Waals surface area contributed by atoms with Crippen LogP contribution in [-0.2, 0) is 0 Å². The van der Waals surface area contributed by atoms with Gasteiger partial charge in [-0.1, -0.05) is 55.1 Å². The summed E-state index contributed by atoms with van der Waals surface area (Å²) in [6, 6.07) is 7.38. The maximum atomic E-state index is 6.21. The molecule has 0 aliphatic carbocycles. The van der Waals surface area contributed by atoms with E-state index in [2.05, 4.69) is 31.9 Å². The Bertz CT molecular complexity index is 556. The Morgan fingerprint density at radius 1 is 1.12 bits per heavy atom. The normalized spacial score (nSPS) is 12.8. The summed E-state index contributed by atoms with van der Waals surface area (Å²) in [5.74, 6) is 0. The molecule has 17 heavy (non-hydrogen) atoms. The molecule has 0 saturated carbocycles. The molecule has 0 spiro atoms. The number of rotatable bonds is 2. The zero-order chi connectivity index (χ0) is 12.6. The molecule has 1 atom stereocenters. The first-order chi connectivity index (χ1) is 7.99. The van der Waals surface area contributed by atoms with Gasteiger partial charge in [-0.25, -0.2) is 0 Å². The molecule has 0 aliphatic rings. The van der Waals surface area contributed by atoms with Gasteiger partial charge in [0, 0.05) is 14.5 Å². The first-order valence-electron chi connectivity index (χ1n) is 4.64. The maximum Gasteiger partial charge on any atom is 0.0995 e. The van der Waals surface area contributed by atoms with E-state index in [0.29, 0.717) is 8.67 Å². The van der Waals surface area contributed by atoms with Gasteiger partial charge in [-0.2, -0.15) is 0 Å². The first kappa shape index (κ1) is 13.8. The summed E-state index contributed by atoms with van der Waals surface area (Å²) < 4.78 is 3.20. The molecule has 1 nitrogen and oxygen atoms in total. The molecule has 1 heterocycles. The van der Waals surface area contributed by atoms with E-state index in [0.717, 1.165) is 20.1 Å². The molecule has 0 bridgehead atoms. The highest BCUT2D eigenvalue weighted by Gasteiger charge is 2.18. The van der Waals surface area contributed by atoms with Gasteiger partial charge in [0.15, 0.2) is 0 Å². The molecule has 1 unspecified atom stereocenters. The Hall–Kier alpha value is 0.420. The molecule has 2 N–H and O–H groups in total. The van der Waals surface area contributed by atoms with Gasteiger partial charge in [0.05, 0.1) is 14.7 Å². The van der Waals surface area contributed by atoms with Gasteiger partial charge in [0.25, 0.3) is 0 Å². The lowest BCUT2D eigenvalue weighted by atomic mass is 10.0. The van der Waals surface area contributed by atoms with E-state index in [-0.39, 0.29) is 6.04 Å². The minimum atomic E-state index is -0.293. The molecule has 1 aromatic heterocycles. The van der Waals surface area contributed by atoms with Crippen LogP contribution in [-0.4, -0.2) is 0 Å². The van der Waals surface area contributed by atoms with Crippen LogP contribution in [0.1, 0.15) is 17.2 Å².